The van der Waals surface area contributed by atoms with Crippen molar-refractivity contribution in [3.63, 3.8) is 0 Å². The second kappa shape index (κ2) is 2.49. The van der Waals surface area contributed by atoms with Gasteiger partial charge in [-0.15, -0.1) is 0 Å². The van der Waals surface area contributed by atoms with Crippen molar-refractivity contribution in [2.24, 2.45) is 0 Å². The van der Waals surface area contributed by atoms with Crippen molar-refractivity contribution >= 4 is 0 Å². The Balaban J connectivity index is 2.26. The van der Waals surface area contributed by atoms with Crippen LogP contribution in [0.3, 0.4) is 0 Å². The van der Waals surface area contributed by atoms with Crippen molar-refractivity contribution in [1.29, 1.82) is 0 Å². The topological polar surface area (TPSA) is 24.1 Å². The highest BCUT2D eigenvalue weighted by molar-refractivity contribution is 4.98. The number of hydrogen-bond acceptors (Lipinski definition) is 2. The van der Waals surface area contributed by atoms with E-state index in [1.54, 1.807) is 0 Å². The van der Waals surface area contributed by atoms with Crippen molar-refractivity contribution in [3.8, 4) is 12.0 Å². The molecule has 0 aliphatic carbocycles. The molecule has 0 saturated carbocycles. The van der Waals surface area contributed by atoms with Gasteiger partial charge in [0.2, 0.25) is 0 Å². The fraction of sp³-hybridized carbons (Fsp3) is 0.600. The molecule has 0 aromatic carbocycles. The zero-order valence-corrected chi connectivity index (χ0v) is 4.12. The Hall–Kier alpha value is -0.680. The first-order valence-electron chi connectivity index (χ1n) is 2.41. The van der Waals surface area contributed by atoms with Crippen LogP contribution in [-0.4, -0.2) is 13.2 Å². The maximum Gasteiger partial charge on any atom is 0.0729 e. The van der Waals surface area contributed by atoms with Gasteiger partial charge >= 0.3 is 0 Å². The Kier molecular flexibility index (Phi) is 1.59. The van der Waals surface area contributed by atoms with E-state index in [9.17, 15) is 0 Å². The van der Waals surface area contributed by atoms with Gasteiger partial charge in [0.1, 0.15) is 0 Å². The Morgan fingerprint density at radius 3 is 3.43 bits per heavy atom. The van der Waals surface area contributed by atoms with E-state index in [1.807, 2.05) is 0 Å². The molecule has 38 valence electrons. The predicted octanol–water partition coefficient (Wildman–Crippen LogP) is -0.512. The molecule has 0 amide bonds. The molecular formula is C5H8N2. The summed E-state index contributed by atoms with van der Waals surface area (Å²) in [5, 5.41) is 5.99. The summed E-state index contributed by atoms with van der Waals surface area (Å²) < 4.78 is 0. The lowest BCUT2D eigenvalue weighted by atomic mass is 10.4. The molecule has 0 unspecified atom stereocenters. The molecule has 2 N–H and O–H groups in total. The van der Waals surface area contributed by atoms with E-state index < -0.39 is 0 Å². The lowest BCUT2D eigenvalue weighted by Gasteiger charge is -1.93. The summed E-state index contributed by atoms with van der Waals surface area (Å²) in [5.41, 5.74) is 0. The number of hydrogen-bond donors (Lipinski definition) is 2. The first-order valence-corrected chi connectivity index (χ1v) is 2.41. The molecule has 7 heavy (non-hydrogen) atoms. The van der Waals surface area contributed by atoms with Gasteiger partial charge in [0.15, 0.2) is 0 Å². The van der Waals surface area contributed by atoms with Crippen molar-refractivity contribution in [3.05, 3.63) is 0 Å². The Morgan fingerprint density at radius 2 is 2.43 bits per heavy atom. The summed E-state index contributed by atoms with van der Waals surface area (Å²) in [5.74, 6) is 2.92. The highest BCUT2D eigenvalue weighted by atomic mass is 15.0. The molecule has 1 aliphatic rings. The molecule has 0 aromatic heterocycles. The second-order valence-electron chi connectivity index (χ2n) is 1.41. The van der Waals surface area contributed by atoms with Crippen molar-refractivity contribution in [1.82, 2.24) is 10.6 Å². The van der Waals surface area contributed by atoms with E-state index in [-0.39, 0.29) is 0 Å². The Labute approximate surface area is 43.3 Å². The van der Waals surface area contributed by atoms with Gasteiger partial charge in [0.25, 0.3) is 0 Å². The smallest absolute Gasteiger partial charge is 0.0729 e. The summed E-state index contributed by atoms with van der Waals surface area (Å²) in [4.78, 5) is 0. The average molecular weight is 96.1 g/mol. The van der Waals surface area contributed by atoms with E-state index in [1.165, 1.54) is 0 Å². The molecule has 0 spiro atoms. The number of rotatable bonds is 0. The third kappa shape index (κ3) is 1.47. The monoisotopic (exact) mass is 96.1 g/mol. The summed E-state index contributed by atoms with van der Waals surface area (Å²) in [7, 11) is 0. The van der Waals surface area contributed by atoms with E-state index >= 15 is 0 Å². The molecule has 2 nitrogen and oxygen atoms in total. The molecule has 0 radical (unpaired) electrons. The Morgan fingerprint density at radius 1 is 1.43 bits per heavy atom. The highest BCUT2D eigenvalue weighted by Crippen LogP contribution is 1.71. The maximum atomic E-state index is 3.11. The molecule has 1 heterocycles. The molecule has 0 fully saturated rings. The zero-order chi connectivity index (χ0) is 4.95. The van der Waals surface area contributed by atoms with Crippen LogP contribution in [-0.2, 0) is 0 Å². The van der Waals surface area contributed by atoms with Crippen LogP contribution in [0, 0.1) is 12.0 Å². The van der Waals surface area contributed by atoms with Crippen molar-refractivity contribution in [2.75, 3.05) is 13.2 Å². The van der Waals surface area contributed by atoms with E-state index in [0.29, 0.717) is 0 Å². The van der Waals surface area contributed by atoms with Crippen LogP contribution >= 0.6 is 0 Å². The fourth-order valence-corrected chi connectivity index (χ4v) is 0.471. The van der Waals surface area contributed by atoms with E-state index in [4.69, 9.17) is 0 Å². The van der Waals surface area contributed by atoms with Crippen LogP contribution in [0.2, 0.25) is 0 Å². The minimum atomic E-state index is 0.826. The average Bonchev–Trinajstić information content (AvgIpc) is 1.90. The lowest BCUT2D eigenvalue weighted by Crippen LogP contribution is -2.23. The molecule has 0 saturated heterocycles. The largest absolute Gasteiger partial charge is 0.333 e. The third-order valence-corrected chi connectivity index (χ3v) is 0.817. The first-order chi connectivity index (χ1) is 3.50. The van der Waals surface area contributed by atoms with Gasteiger partial charge in [-0.3, -0.25) is 5.32 Å². The molecule has 1 aliphatic heterocycles. The van der Waals surface area contributed by atoms with Gasteiger partial charge < -0.3 is 5.32 Å². The van der Waals surface area contributed by atoms with Crippen LogP contribution in [0.4, 0.5) is 0 Å². The third-order valence-electron chi connectivity index (χ3n) is 0.817. The van der Waals surface area contributed by atoms with Crippen LogP contribution < -0.4 is 10.6 Å². The SMILES string of the molecule is C1#CNCNCC1. The molecule has 0 bridgehead atoms. The van der Waals surface area contributed by atoms with Gasteiger partial charge in [-0.25, -0.2) is 0 Å². The molecule has 1 rings (SSSR count). The summed E-state index contributed by atoms with van der Waals surface area (Å²) in [6, 6.07) is 2.78. The number of nitrogens with one attached hydrogen (secondary N) is 2. The van der Waals surface area contributed by atoms with Gasteiger partial charge in [-0.05, 0) is 0 Å². The van der Waals surface area contributed by atoms with Gasteiger partial charge in [-0.1, -0.05) is 5.92 Å². The van der Waals surface area contributed by atoms with Crippen LogP contribution in [0.5, 0.6) is 0 Å². The van der Waals surface area contributed by atoms with Gasteiger partial charge in [0.05, 0.1) is 6.67 Å². The van der Waals surface area contributed by atoms with Crippen LogP contribution in [0.15, 0.2) is 0 Å². The normalized spacial score (nSPS) is 18.3. The van der Waals surface area contributed by atoms with Crippen LogP contribution in [0.1, 0.15) is 6.42 Å². The van der Waals surface area contributed by atoms with Crippen molar-refractivity contribution < 1.29 is 0 Å². The van der Waals surface area contributed by atoms with Gasteiger partial charge in [0, 0.05) is 19.0 Å². The summed E-state index contributed by atoms with van der Waals surface area (Å²) >= 11 is 0. The second-order valence-corrected chi connectivity index (χ2v) is 1.41. The first kappa shape index (κ1) is 4.48. The molecule has 0 aromatic rings. The van der Waals surface area contributed by atoms with Crippen molar-refractivity contribution in [2.45, 2.75) is 6.42 Å². The van der Waals surface area contributed by atoms with Gasteiger partial charge in [-0.2, -0.15) is 0 Å². The van der Waals surface area contributed by atoms with E-state index in [2.05, 4.69) is 22.6 Å². The fourth-order valence-electron chi connectivity index (χ4n) is 0.471. The predicted molar refractivity (Wildman–Crippen MR) is 28.4 cm³/mol. The standard InChI is InChI=1S/C5H8N2/c1-2-4-7-5-6-3-1/h6-7H,1,3,5H2. The maximum absolute atomic E-state index is 3.11. The lowest BCUT2D eigenvalue weighted by molar-refractivity contribution is 0.680. The molecule has 2 heteroatoms. The summed E-state index contributed by atoms with van der Waals surface area (Å²) in [6.45, 7) is 1.84. The minimum absolute atomic E-state index is 0.826. The highest BCUT2D eigenvalue weighted by Gasteiger charge is 1.83. The quantitative estimate of drug-likeness (QED) is 0.397. The Bertz CT molecular complexity index is 88.4. The summed E-state index contributed by atoms with van der Waals surface area (Å²) in [6.07, 6.45) is 0.965. The minimum Gasteiger partial charge on any atom is -0.333 e. The van der Waals surface area contributed by atoms with E-state index in [0.717, 1.165) is 19.6 Å². The zero-order valence-electron chi connectivity index (χ0n) is 4.12. The van der Waals surface area contributed by atoms with Crippen LogP contribution in [0.25, 0.3) is 0 Å². The molecular weight excluding hydrogens is 88.1 g/mol. The molecule has 0 atom stereocenters.